The molecule has 83 heavy (non-hydrogen) atoms. The van der Waals surface area contributed by atoms with Gasteiger partial charge in [0.15, 0.2) is 6.10 Å². The third-order valence-corrected chi connectivity index (χ3v) is 13.4. The molecule has 6 heteroatoms. The molecule has 0 heterocycles. The molecule has 0 amide bonds. The van der Waals surface area contributed by atoms with E-state index in [1.165, 1.54) is 44.9 Å². The number of carbonyl (C=O) groups is 3. The first-order valence-corrected chi connectivity index (χ1v) is 33.3. The molecule has 0 saturated carbocycles. The predicted molar refractivity (Wildman–Crippen MR) is 361 cm³/mol. The number of carbonyl (C=O) groups excluding carboxylic acids is 3. The second-order valence-corrected chi connectivity index (χ2v) is 21.3. The lowest BCUT2D eigenvalue weighted by Crippen LogP contribution is -2.30. The van der Waals surface area contributed by atoms with Gasteiger partial charge in [0.1, 0.15) is 13.2 Å². The van der Waals surface area contributed by atoms with Crippen molar-refractivity contribution in [2.45, 2.75) is 271 Å². The zero-order valence-corrected chi connectivity index (χ0v) is 53.1. The third-order valence-electron chi connectivity index (χ3n) is 13.4. The summed E-state index contributed by atoms with van der Waals surface area (Å²) in [5.41, 5.74) is 0. The Bertz CT molecular complexity index is 1940. The van der Waals surface area contributed by atoms with Crippen molar-refractivity contribution >= 4 is 17.9 Å². The van der Waals surface area contributed by atoms with Crippen LogP contribution in [0.5, 0.6) is 0 Å². The van der Waals surface area contributed by atoms with Crippen molar-refractivity contribution in [3.63, 3.8) is 0 Å². The minimum Gasteiger partial charge on any atom is -0.462 e. The summed E-state index contributed by atoms with van der Waals surface area (Å²) in [7, 11) is 0. The third kappa shape index (κ3) is 67.2. The molecule has 0 aromatic heterocycles. The summed E-state index contributed by atoms with van der Waals surface area (Å²) in [5, 5.41) is 0. The van der Waals surface area contributed by atoms with Crippen LogP contribution >= 0.6 is 0 Å². The molecule has 6 nitrogen and oxygen atoms in total. The highest BCUT2D eigenvalue weighted by molar-refractivity contribution is 5.71. The van der Waals surface area contributed by atoms with Gasteiger partial charge in [-0.2, -0.15) is 0 Å². The van der Waals surface area contributed by atoms with Gasteiger partial charge in [0, 0.05) is 19.3 Å². The fourth-order valence-corrected chi connectivity index (χ4v) is 8.46. The number of esters is 3. The standard InChI is InChI=1S/C77H120O6/c1-4-7-10-13-16-19-22-25-28-30-32-34-35-36-37-38-39-40-41-43-44-46-49-52-55-58-61-64-67-70-76(79)82-73-74(72-81-75(78)69-66-63-60-57-54-51-48-27-24-21-18-15-12-9-6-3)83-77(80)71-68-65-62-59-56-53-50-47-45-42-33-31-29-26-23-20-17-14-11-8-5-2/h7-8,10-11,16-21,25-29,32-34,36-37,39-40,42-44,47-48,50,56,59,74H,4-6,9,12-15,22-24,30-31,35,38,41,45-46,49,51-55,57-58,60-73H2,1-3H3/b10-7-,11-8-,19-16-,20-17-,21-18-,28-25-,29-26-,34-32-,37-36-,40-39-,42-33-,44-43-,48-27-,50-47-,59-56-. The highest BCUT2D eigenvalue weighted by atomic mass is 16.6. The largest absolute Gasteiger partial charge is 0.462 e. The van der Waals surface area contributed by atoms with Crippen LogP contribution < -0.4 is 0 Å². The second-order valence-electron chi connectivity index (χ2n) is 21.3. The van der Waals surface area contributed by atoms with E-state index in [1.807, 2.05) is 0 Å². The monoisotopic (exact) mass is 1140 g/mol. The molecule has 0 saturated heterocycles. The average Bonchev–Trinajstić information content (AvgIpc) is 3.49. The SMILES string of the molecule is CC/C=C\C/C=C\C/C=C\C/C=C\C/C=C\C/C=C\C/C=C\CCCCCCCCCC(=O)OCC(COC(=O)CCCCCCC/C=C\C/C=C\CCCCC)OC(=O)CCCC/C=C\C/C=C\C/C=C\C/C=C\C/C=C\C/C=C\CC. The van der Waals surface area contributed by atoms with Gasteiger partial charge < -0.3 is 14.2 Å². The number of ether oxygens (including phenoxy) is 3. The first kappa shape index (κ1) is 77.5. The first-order valence-electron chi connectivity index (χ1n) is 33.3. The van der Waals surface area contributed by atoms with Crippen LogP contribution in [-0.2, 0) is 28.6 Å². The van der Waals surface area contributed by atoms with E-state index >= 15 is 0 Å². The highest BCUT2D eigenvalue weighted by Crippen LogP contribution is 2.14. The van der Waals surface area contributed by atoms with E-state index in [9.17, 15) is 14.4 Å². The number of unbranched alkanes of at least 4 members (excludes halogenated alkanes) is 17. The molecule has 0 aliphatic heterocycles. The van der Waals surface area contributed by atoms with Gasteiger partial charge >= 0.3 is 17.9 Å². The molecule has 0 aromatic carbocycles. The van der Waals surface area contributed by atoms with Crippen molar-refractivity contribution in [2.75, 3.05) is 13.2 Å². The van der Waals surface area contributed by atoms with Crippen LogP contribution in [0.15, 0.2) is 182 Å². The Morgan fingerprint density at radius 1 is 0.253 bits per heavy atom. The van der Waals surface area contributed by atoms with Crippen molar-refractivity contribution in [1.82, 2.24) is 0 Å². The zero-order chi connectivity index (χ0) is 59.9. The van der Waals surface area contributed by atoms with Crippen molar-refractivity contribution < 1.29 is 28.6 Å². The molecule has 0 aliphatic rings. The second kappa shape index (κ2) is 69.0. The quantitative estimate of drug-likeness (QED) is 0.0261. The molecular weight excluding hydrogens is 1020 g/mol. The Labute approximate surface area is 510 Å². The number of allylic oxidation sites excluding steroid dienone is 30. The molecule has 0 aliphatic carbocycles. The van der Waals surface area contributed by atoms with Crippen molar-refractivity contribution in [3.8, 4) is 0 Å². The number of hydrogen-bond donors (Lipinski definition) is 0. The van der Waals surface area contributed by atoms with Crippen LogP contribution in [-0.4, -0.2) is 37.2 Å². The van der Waals surface area contributed by atoms with E-state index in [0.29, 0.717) is 19.3 Å². The fraction of sp³-hybridized carbons (Fsp3) is 0.571. The molecule has 0 aromatic rings. The number of rotatable bonds is 58. The lowest BCUT2D eigenvalue weighted by Gasteiger charge is -2.18. The Kier molecular flexibility index (Phi) is 64.4. The zero-order valence-electron chi connectivity index (χ0n) is 53.1. The maximum atomic E-state index is 12.9. The summed E-state index contributed by atoms with van der Waals surface area (Å²) in [5.74, 6) is -0.988. The molecule has 1 atom stereocenters. The Balaban J connectivity index is 4.49. The van der Waals surface area contributed by atoms with Gasteiger partial charge in [0.2, 0.25) is 0 Å². The summed E-state index contributed by atoms with van der Waals surface area (Å²) in [6.45, 7) is 6.32. The molecule has 0 N–H and O–H groups in total. The van der Waals surface area contributed by atoms with Crippen molar-refractivity contribution in [1.29, 1.82) is 0 Å². The van der Waals surface area contributed by atoms with E-state index in [-0.39, 0.29) is 37.5 Å². The van der Waals surface area contributed by atoms with Gasteiger partial charge in [-0.25, -0.2) is 0 Å². The predicted octanol–water partition coefficient (Wildman–Crippen LogP) is 23.2. The van der Waals surface area contributed by atoms with Crippen LogP contribution in [0, 0.1) is 0 Å². The molecule has 0 bridgehead atoms. The molecule has 0 radical (unpaired) electrons. The summed E-state index contributed by atoms with van der Waals surface area (Å²) in [6.07, 6.45) is 103. The van der Waals surface area contributed by atoms with Gasteiger partial charge in [-0.05, 0) is 161 Å². The summed E-state index contributed by atoms with van der Waals surface area (Å²) >= 11 is 0. The smallest absolute Gasteiger partial charge is 0.306 e. The van der Waals surface area contributed by atoms with Crippen LogP contribution in [0.4, 0.5) is 0 Å². The van der Waals surface area contributed by atoms with E-state index < -0.39 is 6.10 Å². The first-order chi connectivity index (χ1) is 41.0. The highest BCUT2D eigenvalue weighted by Gasteiger charge is 2.19. The summed E-state index contributed by atoms with van der Waals surface area (Å²) in [4.78, 5) is 38.4. The number of hydrogen-bond acceptors (Lipinski definition) is 6. The van der Waals surface area contributed by atoms with Gasteiger partial charge in [-0.3, -0.25) is 14.4 Å². The van der Waals surface area contributed by atoms with E-state index in [2.05, 4.69) is 203 Å². The molecule has 0 fully saturated rings. The van der Waals surface area contributed by atoms with Crippen LogP contribution in [0.25, 0.3) is 0 Å². The Morgan fingerprint density at radius 2 is 0.470 bits per heavy atom. The molecule has 464 valence electrons. The average molecular weight is 1140 g/mol. The van der Waals surface area contributed by atoms with E-state index in [0.717, 1.165) is 173 Å². The van der Waals surface area contributed by atoms with Crippen molar-refractivity contribution in [2.24, 2.45) is 0 Å². The lowest BCUT2D eigenvalue weighted by molar-refractivity contribution is -0.167. The minimum absolute atomic E-state index is 0.115. The van der Waals surface area contributed by atoms with Crippen LogP contribution in [0.1, 0.15) is 265 Å². The fourth-order valence-electron chi connectivity index (χ4n) is 8.46. The maximum absolute atomic E-state index is 12.9. The summed E-state index contributed by atoms with van der Waals surface area (Å²) in [6, 6.07) is 0. The van der Waals surface area contributed by atoms with Crippen LogP contribution in [0.2, 0.25) is 0 Å². The van der Waals surface area contributed by atoms with E-state index in [1.54, 1.807) is 0 Å². The summed E-state index contributed by atoms with van der Waals surface area (Å²) < 4.78 is 16.9. The van der Waals surface area contributed by atoms with Gasteiger partial charge in [-0.15, -0.1) is 0 Å². The topological polar surface area (TPSA) is 78.9 Å². The van der Waals surface area contributed by atoms with Gasteiger partial charge in [0.25, 0.3) is 0 Å². The van der Waals surface area contributed by atoms with E-state index in [4.69, 9.17) is 14.2 Å². The molecular formula is C77H120O6. The lowest BCUT2D eigenvalue weighted by atomic mass is 10.1. The Hall–Kier alpha value is -5.49. The van der Waals surface area contributed by atoms with Gasteiger partial charge in [-0.1, -0.05) is 267 Å². The molecule has 0 rings (SSSR count). The van der Waals surface area contributed by atoms with Gasteiger partial charge in [0.05, 0.1) is 0 Å². The normalized spacial score (nSPS) is 13.3. The molecule has 1 unspecified atom stereocenters. The minimum atomic E-state index is -0.824. The molecule has 0 spiro atoms. The maximum Gasteiger partial charge on any atom is 0.306 e. The van der Waals surface area contributed by atoms with Crippen molar-refractivity contribution in [3.05, 3.63) is 182 Å². The van der Waals surface area contributed by atoms with Crippen LogP contribution in [0.3, 0.4) is 0 Å². The Morgan fingerprint density at radius 3 is 0.759 bits per heavy atom.